The second-order valence-corrected chi connectivity index (χ2v) is 25.7. The molecule has 11 nitrogen and oxygen atoms in total. The van der Waals surface area contributed by atoms with Crippen molar-refractivity contribution >= 4 is 80.3 Å². The number of aromatic nitrogens is 2. The number of hydrogen-bond acceptors (Lipinski definition) is 13. The van der Waals surface area contributed by atoms with Crippen LogP contribution in [-0.2, 0) is 0 Å². The van der Waals surface area contributed by atoms with E-state index in [4.69, 9.17) is 51.7 Å². The van der Waals surface area contributed by atoms with Crippen LogP contribution in [0.2, 0.25) is 0 Å². The Hall–Kier alpha value is -5.93. The van der Waals surface area contributed by atoms with Gasteiger partial charge in [0, 0.05) is 11.1 Å². The number of thiazole rings is 1. The summed E-state index contributed by atoms with van der Waals surface area (Å²) in [5, 5.41) is 9.05. The molecule has 0 aliphatic heterocycles. The molecule has 0 unspecified atom stereocenters. The van der Waals surface area contributed by atoms with E-state index in [-0.39, 0.29) is 0 Å². The van der Waals surface area contributed by atoms with Crippen molar-refractivity contribution in [2.45, 2.75) is 9.30 Å². The average molecular weight is 1060 g/mol. The summed E-state index contributed by atoms with van der Waals surface area (Å²) in [5.74, 6) is 0.592. The van der Waals surface area contributed by atoms with E-state index in [0.29, 0.717) is 5.89 Å². The standard InChI is InChI=1S/C54H40N2OP2S2.2ClHO4/c1-9-25-41(26-10-1)49-55-50(58(43-29-13-3-14-30-43,44-31-15-4-16-32-44)45-33-17-5-18-34-45)53(57-49)61-54-51(56-52(60-54)42-27-11-2-12-28-42)59(46-35-19-6-20-36-46,47-37-21-7-22-38-47)48-39-23-8-24-40-48;2*2-1(3,4)5/h1-40H;2*(H,2,3,4,5)/q+2;;. The largest absolute Gasteiger partial charge is 0.425 e. The first-order chi connectivity index (χ1) is 34.3. The Labute approximate surface area is 423 Å². The SMILES string of the molecule is [O-][Cl+3]([O-])([O-])O.[O-][Cl+3]([O-])([O-])O.c1ccc(-c2nc([P+](c3ccccc3)(c3ccccc3)c3ccccc3)c(Sc3sc(-c4ccccc4)nc3[P+](c3ccccc3)(c3ccccc3)c3ccccc3)o2)cc1. The first-order valence-corrected chi connectivity index (χ1v) is 29.2. The van der Waals surface area contributed by atoms with Crippen molar-refractivity contribution in [2.75, 3.05) is 0 Å². The summed E-state index contributed by atoms with van der Waals surface area (Å²) >= 11 is 3.41. The maximum absolute atomic E-state index is 8.60. The molecule has 71 heavy (non-hydrogen) atoms. The number of nitrogens with zero attached hydrogens (tertiary/aromatic N) is 2. The average Bonchev–Trinajstić information content (AvgIpc) is 4.01. The lowest BCUT2D eigenvalue weighted by atomic mass is 10.2. The summed E-state index contributed by atoms with van der Waals surface area (Å²) in [6, 6.07) is 86.6. The minimum atomic E-state index is -4.69. The highest BCUT2D eigenvalue weighted by molar-refractivity contribution is 8.07. The zero-order valence-corrected chi connectivity index (χ0v) is 42.1. The van der Waals surface area contributed by atoms with Crippen molar-refractivity contribution in [2.24, 2.45) is 0 Å². The first kappa shape index (κ1) is 51.4. The lowest BCUT2D eigenvalue weighted by molar-refractivity contribution is -1.92. The van der Waals surface area contributed by atoms with Crippen molar-refractivity contribution in [3.63, 3.8) is 0 Å². The summed E-state index contributed by atoms with van der Waals surface area (Å²) < 4.78 is 73.8. The Balaban J connectivity index is 0.000000617. The number of oxazole rings is 1. The van der Waals surface area contributed by atoms with Crippen LogP contribution in [-0.4, -0.2) is 19.3 Å². The molecule has 10 aromatic rings. The van der Waals surface area contributed by atoms with E-state index in [2.05, 4.69) is 224 Å². The smallest absolute Gasteiger partial charge is 0.251 e. The minimum absolute atomic E-state index is 0.592. The molecule has 0 amide bonds. The topological polar surface area (TPSA) is 218 Å². The molecular formula is C54H42Cl2N2O9P2S2+2. The maximum Gasteiger partial charge on any atom is 0.251 e. The van der Waals surface area contributed by atoms with E-state index in [0.717, 1.165) is 36.3 Å². The lowest BCUT2D eigenvalue weighted by Gasteiger charge is -2.27. The van der Waals surface area contributed by atoms with Crippen molar-refractivity contribution in [3.05, 3.63) is 243 Å². The molecule has 2 aromatic heterocycles. The highest BCUT2D eigenvalue weighted by Crippen LogP contribution is 2.60. The molecule has 0 fully saturated rings. The molecule has 0 saturated heterocycles. The second-order valence-electron chi connectivity index (χ2n) is 15.2. The van der Waals surface area contributed by atoms with Gasteiger partial charge in [-0.3, -0.25) is 0 Å². The summed E-state index contributed by atoms with van der Waals surface area (Å²) in [6.45, 7) is 0. The van der Waals surface area contributed by atoms with Gasteiger partial charge in [0.05, 0.1) is 29.8 Å². The van der Waals surface area contributed by atoms with Crippen LogP contribution in [0.5, 0.6) is 0 Å². The summed E-state index contributed by atoms with van der Waals surface area (Å²) in [7, 11) is -14.7. The molecule has 10 rings (SSSR count). The van der Waals surface area contributed by atoms with Gasteiger partial charge < -0.3 is 4.42 Å². The highest BCUT2D eigenvalue weighted by atomic mass is 35.7. The Morgan fingerprint density at radius 1 is 0.380 bits per heavy atom. The molecule has 0 spiro atoms. The van der Waals surface area contributed by atoms with Crippen molar-refractivity contribution in [1.82, 2.24) is 9.97 Å². The van der Waals surface area contributed by atoms with Crippen molar-refractivity contribution in [3.8, 4) is 22.0 Å². The number of rotatable bonds is 12. The number of hydrogen-bond donors (Lipinski definition) is 2. The van der Waals surface area contributed by atoms with E-state index in [1.165, 1.54) is 31.8 Å². The van der Waals surface area contributed by atoms with E-state index < -0.39 is 35.0 Å². The van der Waals surface area contributed by atoms with Crippen LogP contribution in [0.4, 0.5) is 0 Å². The van der Waals surface area contributed by atoms with Gasteiger partial charge >= 0.3 is 0 Å². The molecule has 0 atom stereocenters. The third-order valence-corrected chi connectivity index (χ3v) is 21.9. The maximum atomic E-state index is 8.60. The predicted octanol–water partition coefficient (Wildman–Crippen LogP) is 2.61. The molecule has 0 radical (unpaired) electrons. The molecule has 0 saturated carbocycles. The quantitative estimate of drug-likeness (QED) is 0.169. The molecule has 2 heterocycles. The lowest BCUT2D eigenvalue weighted by Crippen LogP contribution is -2.58. The van der Waals surface area contributed by atoms with Gasteiger partial charge in [-0.05, 0) is 96.7 Å². The van der Waals surface area contributed by atoms with Gasteiger partial charge in [0.2, 0.25) is 16.4 Å². The normalized spacial score (nSPS) is 11.7. The number of benzene rings is 8. The molecular weight excluding hydrogens is 1020 g/mol. The van der Waals surface area contributed by atoms with E-state index in [9.17, 15) is 0 Å². The van der Waals surface area contributed by atoms with Crippen LogP contribution in [0.25, 0.3) is 22.0 Å². The second kappa shape index (κ2) is 23.1. The van der Waals surface area contributed by atoms with Gasteiger partial charge in [-0.1, -0.05) is 158 Å². The van der Waals surface area contributed by atoms with Gasteiger partial charge in [0.25, 0.3) is 5.44 Å². The van der Waals surface area contributed by atoms with Crippen LogP contribution in [0, 0.1) is 20.5 Å². The van der Waals surface area contributed by atoms with Crippen LogP contribution >= 0.6 is 37.6 Å². The van der Waals surface area contributed by atoms with Crippen LogP contribution < -0.4 is 70.7 Å². The fourth-order valence-corrected chi connectivity index (χ4v) is 19.8. The van der Waals surface area contributed by atoms with Gasteiger partial charge in [0.15, 0.2) is 14.5 Å². The van der Waals surface area contributed by atoms with Gasteiger partial charge in [-0.25, -0.2) is 0 Å². The van der Waals surface area contributed by atoms with Crippen LogP contribution in [0.1, 0.15) is 0 Å². The van der Waals surface area contributed by atoms with Crippen LogP contribution in [0.3, 0.4) is 0 Å². The molecule has 356 valence electrons. The third-order valence-electron chi connectivity index (χ3n) is 10.9. The molecule has 8 aromatic carbocycles. The Bertz CT molecular complexity index is 2790. The Kier molecular flexibility index (Phi) is 16.7. The number of halogens is 2. The van der Waals surface area contributed by atoms with Gasteiger partial charge in [-0.15, -0.1) is 11.3 Å². The van der Waals surface area contributed by atoms with E-state index >= 15 is 0 Å². The zero-order valence-electron chi connectivity index (χ0n) is 37.2. The predicted molar refractivity (Wildman–Crippen MR) is 268 cm³/mol. The molecule has 2 N–H and O–H groups in total. The van der Waals surface area contributed by atoms with Crippen LogP contribution in [0.15, 0.2) is 256 Å². The summed E-state index contributed by atoms with van der Waals surface area (Å²) in [5.41, 5.74) is 3.99. The van der Waals surface area contributed by atoms with E-state index in [1.54, 1.807) is 23.1 Å². The zero-order chi connectivity index (χ0) is 49.9. The molecule has 0 bridgehead atoms. The molecule has 0 aliphatic carbocycles. The fourth-order valence-electron chi connectivity index (χ4n) is 8.18. The Morgan fingerprint density at radius 2 is 0.648 bits per heavy atom. The van der Waals surface area contributed by atoms with Gasteiger partial charge in [-0.2, -0.15) is 37.9 Å². The summed E-state index contributed by atoms with van der Waals surface area (Å²) in [4.78, 5) is 11.5. The van der Waals surface area contributed by atoms with E-state index in [1.807, 2.05) is 18.2 Å². The van der Waals surface area contributed by atoms with Gasteiger partial charge in [0.1, 0.15) is 41.0 Å². The highest BCUT2D eigenvalue weighted by Gasteiger charge is 2.55. The minimum Gasteiger partial charge on any atom is -0.425 e. The summed E-state index contributed by atoms with van der Waals surface area (Å²) in [6.07, 6.45) is 0. The fraction of sp³-hybridized carbons (Fsp3) is 0. The molecule has 0 aliphatic rings. The van der Waals surface area contributed by atoms with Crippen molar-refractivity contribution in [1.29, 1.82) is 0 Å². The third kappa shape index (κ3) is 12.2. The Morgan fingerprint density at radius 3 is 0.958 bits per heavy atom. The molecule has 17 heteroatoms. The van der Waals surface area contributed by atoms with Crippen molar-refractivity contribution < 1.29 is 62.2 Å². The first-order valence-electron chi connectivity index (χ1n) is 21.5. The monoisotopic (exact) mass is 1060 g/mol.